The number of carbonyl (C=O) groups is 2. The van der Waals surface area contributed by atoms with E-state index in [1.807, 2.05) is 0 Å². The van der Waals surface area contributed by atoms with Crippen molar-refractivity contribution in [3.63, 3.8) is 0 Å². The standard InChI is InChI=1S/C22H32O4/c1-14(25)26-19-16-5-6-18-21(3)9-4-8-20(2,13-24)17(21)7-10-22(18,19)11-15(16)12-23/h11-12,16-19,24H,4-10,13H2,1-3H3/t16-,17+,18-,19+,20+,21+,22-/m1/s1. The first-order chi connectivity index (χ1) is 12.3. The minimum atomic E-state index is -0.239. The molecule has 0 aromatic rings. The van der Waals surface area contributed by atoms with Gasteiger partial charge in [0.05, 0.1) is 0 Å². The van der Waals surface area contributed by atoms with Gasteiger partial charge in [-0.15, -0.1) is 0 Å². The lowest BCUT2D eigenvalue weighted by atomic mass is 9.40. The van der Waals surface area contributed by atoms with Gasteiger partial charge in [-0.05, 0) is 66.8 Å². The molecule has 26 heavy (non-hydrogen) atoms. The van der Waals surface area contributed by atoms with Crippen molar-refractivity contribution in [1.82, 2.24) is 0 Å². The Morgan fingerprint density at radius 2 is 2.00 bits per heavy atom. The highest BCUT2D eigenvalue weighted by molar-refractivity contribution is 5.77. The largest absolute Gasteiger partial charge is 0.461 e. The molecule has 0 heterocycles. The summed E-state index contributed by atoms with van der Waals surface area (Å²) in [6.07, 6.45) is 10.4. The number of ether oxygens (including phenoxy) is 1. The molecule has 3 saturated carbocycles. The Balaban J connectivity index is 1.79. The van der Waals surface area contributed by atoms with Crippen molar-refractivity contribution in [2.75, 3.05) is 6.61 Å². The van der Waals surface area contributed by atoms with Crippen LogP contribution in [0.4, 0.5) is 0 Å². The summed E-state index contributed by atoms with van der Waals surface area (Å²) in [5.41, 5.74) is 0.773. The fourth-order valence-electron chi connectivity index (χ4n) is 7.80. The zero-order chi connectivity index (χ0) is 18.7. The van der Waals surface area contributed by atoms with Gasteiger partial charge in [0.25, 0.3) is 0 Å². The second-order valence-corrected chi connectivity index (χ2v) is 9.90. The zero-order valence-corrected chi connectivity index (χ0v) is 16.3. The average molecular weight is 360 g/mol. The van der Waals surface area contributed by atoms with Crippen LogP contribution in [0, 0.1) is 34.0 Å². The molecule has 4 heteroatoms. The Bertz CT molecular complexity index is 655. The van der Waals surface area contributed by atoms with E-state index in [4.69, 9.17) is 4.74 Å². The molecule has 0 aliphatic heterocycles. The summed E-state index contributed by atoms with van der Waals surface area (Å²) >= 11 is 0. The molecule has 0 radical (unpaired) electrons. The van der Waals surface area contributed by atoms with E-state index in [0.717, 1.165) is 50.4 Å². The molecule has 3 fully saturated rings. The number of hydrogen-bond donors (Lipinski definition) is 1. The second kappa shape index (κ2) is 5.92. The Hall–Kier alpha value is -1.16. The molecule has 0 saturated heterocycles. The molecule has 2 bridgehead atoms. The highest BCUT2D eigenvalue weighted by Crippen LogP contribution is 2.71. The van der Waals surface area contributed by atoms with Crippen molar-refractivity contribution in [3.8, 4) is 0 Å². The molecule has 4 nitrogen and oxygen atoms in total. The van der Waals surface area contributed by atoms with Crippen LogP contribution in [0.3, 0.4) is 0 Å². The molecule has 1 spiro atoms. The third-order valence-corrected chi connectivity index (χ3v) is 8.73. The smallest absolute Gasteiger partial charge is 0.302 e. The summed E-state index contributed by atoms with van der Waals surface area (Å²) < 4.78 is 5.87. The molecule has 1 N–H and O–H groups in total. The fraction of sp³-hybridized carbons (Fsp3) is 0.818. The highest BCUT2D eigenvalue weighted by Gasteiger charge is 2.67. The summed E-state index contributed by atoms with van der Waals surface area (Å²) in [5, 5.41) is 10.2. The molecular weight excluding hydrogens is 328 g/mol. The first-order valence-electron chi connectivity index (χ1n) is 10.3. The van der Waals surface area contributed by atoms with Gasteiger partial charge >= 0.3 is 5.97 Å². The Morgan fingerprint density at radius 3 is 2.65 bits per heavy atom. The van der Waals surface area contributed by atoms with E-state index in [1.165, 1.54) is 13.3 Å². The third kappa shape index (κ3) is 2.23. The quantitative estimate of drug-likeness (QED) is 0.616. The maximum absolute atomic E-state index is 11.8. The SMILES string of the molecule is CC(=O)O[C@H]1[C@@H]2CC[C@@H]3[C@@]4(C)CCC[C@@](C)(CO)[C@@H]4CC[C@@]31C=C2C=O. The molecule has 4 aliphatic rings. The van der Waals surface area contributed by atoms with Crippen molar-refractivity contribution in [2.24, 2.45) is 34.0 Å². The van der Waals surface area contributed by atoms with Gasteiger partial charge in [0.15, 0.2) is 0 Å². The van der Waals surface area contributed by atoms with E-state index in [2.05, 4.69) is 19.9 Å². The number of esters is 1. The van der Waals surface area contributed by atoms with E-state index in [-0.39, 0.29) is 40.8 Å². The van der Waals surface area contributed by atoms with Gasteiger partial charge in [-0.3, -0.25) is 9.59 Å². The molecule has 7 atom stereocenters. The molecule has 4 rings (SSSR count). The Morgan fingerprint density at radius 1 is 1.23 bits per heavy atom. The molecule has 0 aromatic carbocycles. The van der Waals surface area contributed by atoms with Gasteiger partial charge in [0.2, 0.25) is 0 Å². The normalized spacial score (nSPS) is 49.6. The number of rotatable bonds is 3. The van der Waals surface area contributed by atoms with Gasteiger partial charge in [0, 0.05) is 24.9 Å². The van der Waals surface area contributed by atoms with Crippen molar-refractivity contribution in [1.29, 1.82) is 0 Å². The average Bonchev–Trinajstić information content (AvgIpc) is 2.76. The van der Waals surface area contributed by atoms with E-state index in [1.54, 1.807) is 0 Å². The van der Waals surface area contributed by atoms with Crippen LogP contribution in [0.5, 0.6) is 0 Å². The van der Waals surface area contributed by atoms with Gasteiger partial charge in [0.1, 0.15) is 12.4 Å². The molecule has 0 unspecified atom stereocenters. The maximum atomic E-state index is 11.8. The molecule has 0 amide bonds. The van der Waals surface area contributed by atoms with E-state index in [0.29, 0.717) is 11.8 Å². The minimum Gasteiger partial charge on any atom is -0.461 e. The number of fused-ring (bicyclic) bond motifs is 3. The molecule has 4 aliphatic carbocycles. The van der Waals surface area contributed by atoms with Crippen molar-refractivity contribution in [3.05, 3.63) is 11.6 Å². The van der Waals surface area contributed by atoms with Crippen LogP contribution in [-0.2, 0) is 14.3 Å². The number of aliphatic hydroxyl groups is 1. The lowest BCUT2D eigenvalue weighted by Crippen LogP contribution is -2.61. The van der Waals surface area contributed by atoms with Crippen LogP contribution in [0.15, 0.2) is 11.6 Å². The highest BCUT2D eigenvalue weighted by atomic mass is 16.5. The van der Waals surface area contributed by atoms with Crippen LogP contribution in [0.1, 0.15) is 65.7 Å². The first-order valence-corrected chi connectivity index (χ1v) is 10.3. The third-order valence-electron chi connectivity index (χ3n) is 8.73. The Kier molecular flexibility index (Phi) is 4.15. The van der Waals surface area contributed by atoms with Crippen molar-refractivity contribution in [2.45, 2.75) is 71.8 Å². The van der Waals surface area contributed by atoms with Crippen molar-refractivity contribution < 1.29 is 19.4 Å². The molecule has 0 aromatic heterocycles. The second-order valence-electron chi connectivity index (χ2n) is 9.90. The van der Waals surface area contributed by atoms with E-state index < -0.39 is 0 Å². The summed E-state index contributed by atoms with van der Waals surface area (Å²) in [4.78, 5) is 23.6. The van der Waals surface area contributed by atoms with Gasteiger partial charge in [-0.25, -0.2) is 0 Å². The maximum Gasteiger partial charge on any atom is 0.302 e. The summed E-state index contributed by atoms with van der Waals surface area (Å²) in [7, 11) is 0. The van der Waals surface area contributed by atoms with Gasteiger partial charge in [-0.1, -0.05) is 26.3 Å². The van der Waals surface area contributed by atoms with Crippen molar-refractivity contribution >= 4 is 12.3 Å². The number of hydrogen-bond acceptors (Lipinski definition) is 4. The van der Waals surface area contributed by atoms with Crippen LogP contribution in [0.2, 0.25) is 0 Å². The number of aliphatic hydroxyl groups excluding tert-OH is 1. The van der Waals surface area contributed by atoms with E-state index in [9.17, 15) is 14.7 Å². The van der Waals surface area contributed by atoms with Gasteiger partial charge < -0.3 is 9.84 Å². The monoisotopic (exact) mass is 360 g/mol. The fourth-order valence-corrected chi connectivity index (χ4v) is 7.80. The number of aldehydes is 1. The topological polar surface area (TPSA) is 63.6 Å². The first kappa shape index (κ1) is 18.2. The summed E-state index contributed by atoms with van der Waals surface area (Å²) in [6, 6.07) is 0. The van der Waals surface area contributed by atoms with Crippen LogP contribution < -0.4 is 0 Å². The predicted octanol–water partition coefficient (Wildman–Crippen LogP) is 3.67. The van der Waals surface area contributed by atoms with Crippen LogP contribution in [-0.4, -0.2) is 30.1 Å². The molecule has 144 valence electrons. The van der Waals surface area contributed by atoms with E-state index >= 15 is 0 Å². The van der Waals surface area contributed by atoms with Crippen LogP contribution >= 0.6 is 0 Å². The van der Waals surface area contributed by atoms with Gasteiger partial charge in [-0.2, -0.15) is 0 Å². The lowest BCUT2D eigenvalue weighted by Gasteiger charge is -2.65. The summed E-state index contributed by atoms with van der Waals surface area (Å²) in [5.74, 6) is 0.739. The Labute approximate surface area is 156 Å². The minimum absolute atomic E-state index is 0.0157. The molecular formula is C22H32O4. The van der Waals surface area contributed by atoms with Crippen LogP contribution in [0.25, 0.3) is 0 Å². The summed E-state index contributed by atoms with van der Waals surface area (Å²) in [6.45, 7) is 6.40. The number of carbonyl (C=O) groups excluding carboxylic acids is 2. The zero-order valence-electron chi connectivity index (χ0n) is 16.3. The lowest BCUT2D eigenvalue weighted by molar-refractivity contribution is -0.197. The predicted molar refractivity (Wildman–Crippen MR) is 98.2 cm³/mol.